The third kappa shape index (κ3) is 4.49. The van der Waals surface area contributed by atoms with Gasteiger partial charge in [0, 0.05) is 45.2 Å². The highest BCUT2D eigenvalue weighted by atomic mass is 16.2. The molecule has 1 rings (SSSR count). The van der Waals surface area contributed by atoms with Gasteiger partial charge in [-0.05, 0) is 6.54 Å². The van der Waals surface area contributed by atoms with Gasteiger partial charge in [-0.2, -0.15) is 0 Å². The number of carbonyl (C=O) groups is 1. The van der Waals surface area contributed by atoms with E-state index in [1.54, 1.807) is 0 Å². The Balaban J connectivity index is 2.18. The van der Waals surface area contributed by atoms with Gasteiger partial charge in [0.1, 0.15) is 0 Å². The van der Waals surface area contributed by atoms with E-state index in [0.29, 0.717) is 18.4 Å². The minimum absolute atomic E-state index is 0.295. The molecule has 0 radical (unpaired) electrons. The summed E-state index contributed by atoms with van der Waals surface area (Å²) in [5.41, 5.74) is 0. The van der Waals surface area contributed by atoms with Gasteiger partial charge in [-0.25, -0.2) is 0 Å². The van der Waals surface area contributed by atoms with E-state index in [1.807, 2.05) is 4.90 Å². The normalized spacial score (nSPS) is 18.1. The monoisotopic (exact) mass is 227 g/mol. The summed E-state index contributed by atoms with van der Waals surface area (Å²) < 4.78 is 0. The number of carbonyl (C=O) groups excluding carboxylic acids is 1. The van der Waals surface area contributed by atoms with Gasteiger partial charge in [-0.15, -0.1) is 0 Å². The van der Waals surface area contributed by atoms with Gasteiger partial charge >= 0.3 is 0 Å². The van der Waals surface area contributed by atoms with Crippen LogP contribution in [0.15, 0.2) is 0 Å². The van der Waals surface area contributed by atoms with Crippen LogP contribution in [0.3, 0.4) is 0 Å². The molecule has 0 aromatic rings. The fourth-order valence-corrected chi connectivity index (χ4v) is 1.94. The zero-order chi connectivity index (χ0) is 12.0. The third-order valence-electron chi connectivity index (χ3n) is 3.06. The van der Waals surface area contributed by atoms with E-state index in [-0.39, 0.29) is 0 Å². The lowest BCUT2D eigenvalue weighted by Gasteiger charge is -2.34. The van der Waals surface area contributed by atoms with Gasteiger partial charge in [0.15, 0.2) is 0 Å². The van der Waals surface area contributed by atoms with Gasteiger partial charge in [-0.3, -0.25) is 4.79 Å². The molecule has 1 fully saturated rings. The van der Waals surface area contributed by atoms with Crippen LogP contribution in [0.1, 0.15) is 27.2 Å². The molecule has 16 heavy (non-hydrogen) atoms. The topological polar surface area (TPSA) is 35.6 Å². The lowest BCUT2D eigenvalue weighted by molar-refractivity contribution is -0.132. The second kappa shape index (κ2) is 6.86. The van der Waals surface area contributed by atoms with E-state index in [9.17, 15) is 4.79 Å². The summed E-state index contributed by atoms with van der Waals surface area (Å²) in [6, 6.07) is 0.463. The molecule has 1 N–H and O–H groups in total. The first-order valence-electron chi connectivity index (χ1n) is 6.37. The first-order chi connectivity index (χ1) is 7.63. The molecular weight excluding hydrogens is 202 g/mol. The molecule has 1 saturated heterocycles. The van der Waals surface area contributed by atoms with Crippen LogP contribution in [0.5, 0.6) is 0 Å². The quantitative estimate of drug-likeness (QED) is 0.744. The van der Waals surface area contributed by atoms with Crippen LogP contribution >= 0.6 is 0 Å². The molecule has 0 bridgehead atoms. The Morgan fingerprint density at radius 1 is 1.25 bits per heavy atom. The maximum Gasteiger partial charge on any atom is 0.223 e. The summed E-state index contributed by atoms with van der Waals surface area (Å²) in [6.07, 6.45) is 0.629. The largest absolute Gasteiger partial charge is 0.340 e. The number of piperazine rings is 1. The highest BCUT2D eigenvalue weighted by Crippen LogP contribution is 2.03. The molecule has 1 aliphatic rings. The van der Waals surface area contributed by atoms with Crippen LogP contribution in [0, 0.1) is 0 Å². The van der Waals surface area contributed by atoms with E-state index in [2.05, 4.69) is 31.0 Å². The Hall–Kier alpha value is -0.610. The molecule has 0 aromatic heterocycles. The molecular formula is C12H25N3O. The maximum absolute atomic E-state index is 11.8. The van der Waals surface area contributed by atoms with Gasteiger partial charge in [0.2, 0.25) is 5.91 Å². The lowest BCUT2D eigenvalue weighted by atomic mass is 10.2. The summed E-state index contributed by atoms with van der Waals surface area (Å²) in [4.78, 5) is 16.2. The van der Waals surface area contributed by atoms with E-state index in [4.69, 9.17) is 0 Å². The smallest absolute Gasteiger partial charge is 0.223 e. The van der Waals surface area contributed by atoms with E-state index in [0.717, 1.165) is 39.3 Å². The fourth-order valence-electron chi connectivity index (χ4n) is 1.94. The van der Waals surface area contributed by atoms with Gasteiger partial charge in [0.25, 0.3) is 0 Å². The second-order valence-corrected chi connectivity index (χ2v) is 4.67. The molecule has 0 atom stereocenters. The fraction of sp³-hybridized carbons (Fsp3) is 0.917. The minimum atomic E-state index is 0.295. The lowest BCUT2D eigenvalue weighted by Crippen LogP contribution is -2.49. The Kier molecular flexibility index (Phi) is 5.77. The molecule has 4 heteroatoms. The number of amides is 1. The van der Waals surface area contributed by atoms with Gasteiger partial charge in [-0.1, -0.05) is 20.8 Å². The Morgan fingerprint density at radius 3 is 2.38 bits per heavy atom. The Morgan fingerprint density at radius 2 is 1.88 bits per heavy atom. The van der Waals surface area contributed by atoms with Crippen molar-refractivity contribution in [3.05, 3.63) is 0 Å². The zero-order valence-corrected chi connectivity index (χ0v) is 10.8. The highest BCUT2D eigenvalue weighted by molar-refractivity contribution is 5.76. The highest BCUT2D eigenvalue weighted by Gasteiger charge is 2.19. The zero-order valence-electron chi connectivity index (χ0n) is 10.8. The number of hydrogen-bond donors (Lipinski definition) is 1. The molecule has 0 aromatic carbocycles. The van der Waals surface area contributed by atoms with Crippen molar-refractivity contribution in [1.82, 2.24) is 15.1 Å². The third-order valence-corrected chi connectivity index (χ3v) is 3.06. The van der Waals surface area contributed by atoms with Crippen molar-refractivity contribution in [1.29, 1.82) is 0 Å². The summed E-state index contributed by atoms with van der Waals surface area (Å²) >= 11 is 0. The number of hydrogen-bond acceptors (Lipinski definition) is 3. The maximum atomic E-state index is 11.8. The Bertz CT molecular complexity index is 210. The minimum Gasteiger partial charge on any atom is -0.340 e. The van der Waals surface area contributed by atoms with Crippen molar-refractivity contribution >= 4 is 5.91 Å². The standard InChI is InChI=1S/C12H25N3O/c1-4-14-7-9-15(10-8-14)12(16)5-6-13-11(2)3/h11,13H,4-10H2,1-3H3. The molecule has 0 aliphatic carbocycles. The predicted molar refractivity (Wildman–Crippen MR) is 66.4 cm³/mol. The summed E-state index contributed by atoms with van der Waals surface area (Å²) in [5.74, 6) is 0.295. The summed E-state index contributed by atoms with van der Waals surface area (Å²) in [7, 11) is 0. The van der Waals surface area contributed by atoms with Crippen LogP contribution in [0.2, 0.25) is 0 Å². The number of rotatable bonds is 5. The Labute approximate surface area is 99.0 Å². The van der Waals surface area contributed by atoms with Crippen LogP contribution < -0.4 is 5.32 Å². The van der Waals surface area contributed by atoms with Crippen molar-refractivity contribution in [3.63, 3.8) is 0 Å². The number of nitrogens with zero attached hydrogens (tertiary/aromatic N) is 2. The molecule has 0 unspecified atom stereocenters. The molecule has 4 nitrogen and oxygen atoms in total. The average molecular weight is 227 g/mol. The van der Waals surface area contributed by atoms with E-state index >= 15 is 0 Å². The number of nitrogens with one attached hydrogen (secondary N) is 1. The SMILES string of the molecule is CCN1CCN(C(=O)CCNC(C)C)CC1. The van der Waals surface area contributed by atoms with Crippen molar-refractivity contribution in [2.45, 2.75) is 33.2 Å². The van der Waals surface area contributed by atoms with Crippen molar-refractivity contribution < 1.29 is 4.79 Å². The number of likely N-dealkylation sites (N-methyl/N-ethyl adjacent to an activating group) is 1. The summed E-state index contributed by atoms with van der Waals surface area (Å²) in [6.45, 7) is 12.1. The average Bonchev–Trinajstić information content (AvgIpc) is 2.28. The van der Waals surface area contributed by atoms with Crippen LogP contribution in [-0.2, 0) is 4.79 Å². The van der Waals surface area contributed by atoms with Crippen molar-refractivity contribution in [2.75, 3.05) is 39.3 Å². The predicted octanol–water partition coefficient (Wildman–Crippen LogP) is 0.539. The molecule has 94 valence electrons. The second-order valence-electron chi connectivity index (χ2n) is 4.67. The van der Waals surface area contributed by atoms with Crippen LogP contribution in [0.25, 0.3) is 0 Å². The van der Waals surface area contributed by atoms with Crippen LogP contribution in [-0.4, -0.2) is 61.0 Å². The molecule has 1 heterocycles. The van der Waals surface area contributed by atoms with E-state index in [1.165, 1.54) is 0 Å². The molecule has 1 amide bonds. The van der Waals surface area contributed by atoms with Crippen molar-refractivity contribution in [2.24, 2.45) is 0 Å². The molecule has 0 saturated carbocycles. The first-order valence-corrected chi connectivity index (χ1v) is 6.37. The molecule has 1 aliphatic heterocycles. The van der Waals surface area contributed by atoms with Gasteiger partial charge < -0.3 is 15.1 Å². The van der Waals surface area contributed by atoms with E-state index < -0.39 is 0 Å². The van der Waals surface area contributed by atoms with Crippen molar-refractivity contribution in [3.8, 4) is 0 Å². The summed E-state index contributed by atoms with van der Waals surface area (Å²) in [5, 5.41) is 3.28. The molecule has 0 spiro atoms. The van der Waals surface area contributed by atoms with Crippen LogP contribution in [0.4, 0.5) is 0 Å². The first kappa shape index (κ1) is 13.5. The van der Waals surface area contributed by atoms with Gasteiger partial charge in [0.05, 0.1) is 0 Å².